The fraction of sp³-hybridized carbons (Fsp3) is 0.294. The normalized spacial score (nSPS) is 18.2. The molecule has 0 radical (unpaired) electrons. The van der Waals surface area contributed by atoms with E-state index in [1.54, 1.807) is 29.2 Å². The number of para-hydroxylation sites is 1. The zero-order valence-electron chi connectivity index (χ0n) is 13.4. The highest BCUT2D eigenvalue weighted by atomic mass is 32.2. The first kappa shape index (κ1) is 16.6. The summed E-state index contributed by atoms with van der Waals surface area (Å²) in [5.74, 6) is 0.528. The fourth-order valence-electron chi connectivity index (χ4n) is 2.82. The second-order valence-electron chi connectivity index (χ2n) is 5.54. The van der Waals surface area contributed by atoms with Crippen molar-refractivity contribution in [2.45, 2.75) is 4.90 Å². The second kappa shape index (κ2) is 6.70. The van der Waals surface area contributed by atoms with E-state index in [0.29, 0.717) is 31.9 Å². The number of hydrogen-bond acceptors (Lipinski definition) is 5. The van der Waals surface area contributed by atoms with Gasteiger partial charge in [0.05, 0.1) is 7.11 Å². The van der Waals surface area contributed by atoms with Crippen LogP contribution in [-0.2, 0) is 10.0 Å². The van der Waals surface area contributed by atoms with E-state index in [0.717, 1.165) is 5.57 Å². The number of aliphatic hydroxyl groups excluding tert-OH is 1. The molecule has 1 aromatic carbocycles. The fourth-order valence-corrected chi connectivity index (χ4v) is 4.40. The quantitative estimate of drug-likeness (QED) is 0.842. The van der Waals surface area contributed by atoms with E-state index in [-0.39, 0.29) is 10.8 Å². The monoisotopic (exact) mass is 348 g/mol. The minimum absolute atomic E-state index is 0.171. The summed E-state index contributed by atoms with van der Waals surface area (Å²) in [4.78, 5) is 1.97. The highest BCUT2D eigenvalue weighted by molar-refractivity contribution is 7.89. The van der Waals surface area contributed by atoms with Crippen molar-refractivity contribution in [3.8, 4) is 5.75 Å². The van der Waals surface area contributed by atoms with Crippen molar-refractivity contribution in [2.75, 3.05) is 33.3 Å². The summed E-state index contributed by atoms with van der Waals surface area (Å²) in [5.41, 5.74) is 0.746. The van der Waals surface area contributed by atoms with Crippen LogP contribution in [0.3, 0.4) is 0 Å². The predicted molar refractivity (Wildman–Crippen MR) is 91.3 cm³/mol. The third-order valence-electron chi connectivity index (χ3n) is 4.15. The van der Waals surface area contributed by atoms with Gasteiger partial charge in [-0.2, -0.15) is 4.31 Å². The van der Waals surface area contributed by atoms with Crippen LogP contribution in [0.2, 0.25) is 0 Å². The number of allylic oxidation sites excluding steroid dienone is 5. The molecule has 0 bridgehead atoms. The summed E-state index contributed by atoms with van der Waals surface area (Å²) < 4.78 is 32.3. The van der Waals surface area contributed by atoms with Gasteiger partial charge < -0.3 is 14.7 Å². The zero-order chi connectivity index (χ0) is 17.2. The van der Waals surface area contributed by atoms with Gasteiger partial charge in [0.1, 0.15) is 10.6 Å². The molecule has 1 aromatic rings. The Hall–Kier alpha value is -2.25. The number of methoxy groups -OCH3 is 1. The third kappa shape index (κ3) is 3.05. The summed E-state index contributed by atoms with van der Waals surface area (Å²) in [6.07, 6.45) is 7.36. The Balaban J connectivity index is 1.75. The Bertz CT molecular complexity index is 790. The van der Waals surface area contributed by atoms with Crippen LogP contribution in [0.1, 0.15) is 0 Å². The Morgan fingerprint density at radius 1 is 1.08 bits per heavy atom. The number of piperazine rings is 1. The van der Waals surface area contributed by atoms with E-state index < -0.39 is 10.0 Å². The largest absolute Gasteiger partial charge is 0.495 e. The van der Waals surface area contributed by atoms with Gasteiger partial charge in [-0.25, -0.2) is 8.42 Å². The molecule has 1 saturated heterocycles. The number of aliphatic hydroxyl groups is 1. The van der Waals surface area contributed by atoms with E-state index in [1.807, 2.05) is 24.3 Å². The molecule has 128 valence electrons. The molecule has 1 aliphatic carbocycles. The molecule has 7 heteroatoms. The molecule has 24 heavy (non-hydrogen) atoms. The van der Waals surface area contributed by atoms with Gasteiger partial charge in [0.25, 0.3) is 0 Å². The molecule has 2 aliphatic rings. The van der Waals surface area contributed by atoms with Crippen LogP contribution in [0.5, 0.6) is 5.75 Å². The first-order valence-electron chi connectivity index (χ1n) is 7.70. The summed E-state index contributed by atoms with van der Waals surface area (Å²) in [7, 11) is -2.16. The molecule has 0 amide bonds. The average Bonchev–Trinajstić information content (AvgIpc) is 3.15. The second-order valence-corrected chi connectivity index (χ2v) is 7.45. The van der Waals surface area contributed by atoms with Crippen LogP contribution in [0, 0.1) is 0 Å². The number of rotatable bonds is 4. The molecular weight excluding hydrogens is 328 g/mol. The van der Waals surface area contributed by atoms with Crippen LogP contribution in [0.25, 0.3) is 0 Å². The van der Waals surface area contributed by atoms with Crippen LogP contribution in [0.15, 0.2) is 64.9 Å². The summed E-state index contributed by atoms with van der Waals surface area (Å²) in [5, 5.41) is 10.3. The van der Waals surface area contributed by atoms with E-state index in [1.165, 1.54) is 11.4 Å². The highest BCUT2D eigenvalue weighted by Gasteiger charge is 2.31. The molecule has 1 N–H and O–H groups in total. The van der Waals surface area contributed by atoms with E-state index in [2.05, 4.69) is 0 Å². The number of sulfonamides is 1. The molecule has 0 aromatic heterocycles. The smallest absolute Gasteiger partial charge is 0.246 e. The van der Waals surface area contributed by atoms with E-state index in [9.17, 15) is 13.5 Å². The summed E-state index contributed by atoms with van der Waals surface area (Å²) in [6, 6.07) is 6.61. The lowest BCUT2D eigenvalue weighted by Crippen LogP contribution is -2.48. The van der Waals surface area contributed by atoms with Crippen LogP contribution < -0.4 is 4.74 Å². The molecule has 1 aliphatic heterocycles. The lowest BCUT2D eigenvalue weighted by Gasteiger charge is -2.35. The van der Waals surface area contributed by atoms with Crippen molar-refractivity contribution < 1.29 is 18.3 Å². The molecule has 1 fully saturated rings. The molecule has 0 unspecified atom stereocenters. The van der Waals surface area contributed by atoms with Gasteiger partial charge >= 0.3 is 0 Å². The van der Waals surface area contributed by atoms with Gasteiger partial charge in [-0.05, 0) is 24.3 Å². The van der Waals surface area contributed by atoms with Gasteiger partial charge in [-0.15, -0.1) is 0 Å². The topological polar surface area (TPSA) is 70.1 Å². The first-order valence-corrected chi connectivity index (χ1v) is 9.14. The minimum atomic E-state index is -3.62. The zero-order valence-corrected chi connectivity index (χ0v) is 14.2. The van der Waals surface area contributed by atoms with Gasteiger partial charge in [0.15, 0.2) is 5.88 Å². The predicted octanol–water partition coefficient (Wildman–Crippen LogP) is 1.90. The molecule has 0 saturated carbocycles. The standard InChI is InChI=1S/C17H20N2O4S/c1-23-15-8-4-5-9-16(15)24(21,22)19-12-10-18(11-13-19)17(20)14-6-2-3-7-14/h2-9,20H,10-13H2,1H3. The molecule has 1 heterocycles. The van der Waals surface area contributed by atoms with Crippen LogP contribution in [0.4, 0.5) is 0 Å². The molecular formula is C17H20N2O4S. The van der Waals surface area contributed by atoms with Crippen LogP contribution >= 0.6 is 0 Å². The van der Waals surface area contributed by atoms with E-state index in [4.69, 9.17) is 4.74 Å². The van der Waals surface area contributed by atoms with E-state index >= 15 is 0 Å². The Morgan fingerprint density at radius 3 is 2.33 bits per heavy atom. The van der Waals surface area contributed by atoms with Gasteiger partial charge in [0.2, 0.25) is 10.0 Å². The number of hydrogen-bond donors (Lipinski definition) is 1. The van der Waals surface area contributed by atoms with Crippen molar-refractivity contribution in [2.24, 2.45) is 0 Å². The molecule has 0 atom stereocenters. The van der Waals surface area contributed by atoms with Gasteiger partial charge in [-0.1, -0.05) is 24.3 Å². The molecule has 3 rings (SSSR count). The SMILES string of the molecule is COc1ccccc1S(=O)(=O)N1CCN(C(O)=C2C=CC=C2)CC1. The lowest BCUT2D eigenvalue weighted by atomic mass is 10.2. The van der Waals surface area contributed by atoms with Crippen molar-refractivity contribution >= 4 is 10.0 Å². The third-order valence-corrected chi connectivity index (χ3v) is 6.08. The number of ether oxygens (including phenoxy) is 1. The van der Waals surface area contributed by atoms with Gasteiger partial charge in [0, 0.05) is 31.8 Å². The van der Waals surface area contributed by atoms with Crippen molar-refractivity contribution in [1.29, 1.82) is 0 Å². The van der Waals surface area contributed by atoms with Gasteiger partial charge in [-0.3, -0.25) is 0 Å². The number of nitrogens with zero attached hydrogens (tertiary/aromatic N) is 2. The minimum Gasteiger partial charge on any atom is -0.495 e. The maximum absolute atomic E-state index is 12.8. The first-order chi connectivity index (χ1) is 11.5. The van der Waals surface area contributed by atoms with Crippen molar-refractivity contribution in [3.63, 3.8) is 0 Å². The van der Waals surface area contributed by atoms with Crippen molar-refractivity contribution in [1.82, 2.24) is 9.21 Å². The maximum atomic E-state index is 12.8. The van der Waals surface area contributed by atoms with Crippen LogP contribution in [-0.4, -0.2) is 56.0 Å². The number of benzene rings is 1. The maximum Gasteiger partial charge on any atom is 0.246 e. The highest BCUT2D eigenvalue weighted by Crippen LogP contribution is 2.27. The molecule has 0 spiro atoms. The lowest BCUT2D eigenvalue weighted by molar-refractivity contribution is 0.150. The Kier molecular flexibility index (Phi) is 4.64. The average molecular weight is 348 g/mol. The Labute approximate surface area is 142 Å². The Morgan fingerprint density at radius 2 is 1.71 bits per heavy atom. The summed E-state index contributed by atoms with van der Waals surface area (Å²) >= 11 is 0. The van der Waals surface area contributed by atoms with Crippen molar-refractivity contribution in [3.05, 3.63) is 60.0 Å². The molecule has 6 nitrogen and oxygen atoms in total. The summed E-state index contributed by atoms with van der Waals surface area (Å²) in [6.45, 7) is 1.49.